The van der Waals surface area contributed by atoms with E-state index >= 15 is 0 Å². The zero-order valence-corrected chi connectivity index (χ0v) is 24.5. The third-order valence-electron chi connectivity index (χ3n) is 8.19. The van der Waals surface area contributed by atoms with Crippen molar-refractivity contribution >= 4 is 34.9 Å². The summed E-state index contributed by atoms with van der Waals surface area (Å²) in [6.45, 7) is 7.78. The van der Waals surface area contributed by atoms with Crippen LogP contribution in [0, 0.1) is 19.3 Å². The van der Waals surface area contributed by atoms with E-state index in [1.54, 1.807) is 57.3 Å². The van der Waals surface area contributed by atoms with Crippen LogP contribution in [0.3, 0.4) is 0 Å². The van der Waals surface area contributed by atoms with Gasteiger partial charge in [-0.15, -0.1) is 0 Å². The maximum absolute atomic E-state index is 13.6. The highest BCUT2D eigenvalue weighted by Crippen LogP contribution is 2.42. The van der Waals surface area contributed by atoms with E-state index in [1.165, 1.54) is 4.57 Å². The van der Waals surface area contributed by atoms with Crippen molar-refractivity contribution < 1.29 is 14.3 Å². The minimum absolute atomic E-state index is 0.0132. The number of hydrogen-bond donors (Lipinski definition) is 2. The highest BCUT2D eigenvalue weighted by Gasteiger charge is 2.47. The number of nitrogens with zero attached hydrogens (tertiary/aromatic N) is 3. The molecule has 40 heavy (non-hydrogen) atoms. The van der Waals surface area contributed by atoms with Gasteiger partial charge in [-0.05, 0) is 70.0 Å². The first-order chi connectivity index (χ1) is 19.1. The first-order valence-corrected chi connectivity index (χ1v) is 14.0. The molecule has 2 atom stereocenters. The molecule has 2 aliphatic rings. The lowest BCUT2D eigenvalue weighted by atomic mass is 9.73. The van der Waals surface area contributed by atoms with Crippen LogP contribution >= 0.6 is 23.2 Å². The van der Waals surface area contributed by atoms with Crippen LogP contribution in [-0.2, 0) is 4.74 Å². The van der Waals surface area contributed by atoms with Crippen molar-refractivity contribution in [2.24, 2.45) is 11.1 Å². The molecule has 3 aromatic rings. The van der Waals surface area contributed by atoms with Crippen LogP contribution in [0.15, 0.2) is 41.2 Å². The first kappa shape index (κ1) is 28.4. The average molecular weight is 587 g/mol. The molecule has 2 aliphatic heterocycles. The third-order valence-corrected chi connectivity index (χ3v) is 9.05. The molecule has 0 unspecified atom stereocenters. The van der Waals surface area contributed by atoms with E-state index in [0.717, 1.165) is 25.9 Å². The van der Waals surface area contributed by atoms with Crippen LogP contribution in [0.25, 0.3) is 5.69 Å². The van der Waals surface area contributed by atoms with Crippen molar-refractivity contribution in [3.63, 3.8) is 0 Å². The predicted molar refractivity (Wildman–Crippen MR) is 157 cm³/mol. The molecule has 3 heterocycles. The Morgan fingerprint density at radius 2 is 1.80 bits per heavy atom. The summed E-state index contributed by atoms with van der Waals surface area (Å²) >= 11 is 13.3. The fourth-order valence-corrected chi connectivity index (χ4v) is 6.08. The van der Waals surface area contributed by atoms with Gasteiger partial charge in [0.15, 0.2) is 0 Å². The number of nitrogens with two attached hydrogens (primary N) is 1. The summed E-state index contributed by atoms with van der Waals surface area (Å²) in [5, 5.41) is 2.91. The third kappa shape index (κ3) is 4.96. The number of aryl methyl sites for hydroxylation is 1. The molecule has 1 aromatic heterocycles. The summed E-state index contributed by atoms with van der Waals surface area (Å²) < 4.78 is 13.2. The van der Waals surface area contributed by atoms with Gasteiger partial charge in [-0.2, -0.15) is 0 Å². The number of hydrogen-bond acceptors (Lipinski definition) is 7. The molecule has 1 spiro atoms. The van der Waals surface area contributed by atoms with Crippen molar-refractivity contribution in [2.75, 3.05) is 31.6 Å². The van der Waals surface area contributed by atoms with Gasteiger partial charge in [0.1, 0.15) is 28.2 Å². The van der Waals surface area contributed by atoms with Crippen LogP contribution in [0.5, 0.6) is 11.5 Å². The quantitative estimate of drug-likeness (QED) is 0.448. The van der Waals surface area contributed by atoms with E-state index in [0.29, 0.717) is 46.6 Å². The van der Waals surface area contributed by atoms with E-state index in [2.05, 4.69) is 10.2 Å². The van der Waals surface area contributed by atoms with Crippen LogP contribution in [-0.4, -0.2) is 54.3 Å². The predicted octanol–water partition coefficient (Wildman–Crippen LogP) is 4.64. The summed E-state index contributed by atoms with van der Waals surface area (Å²) in [5.74, 6) is 1.78. The molecule has 0 radical (unpaired) electrons. The van der Waals surface area contributed by atoms with Crippen LogP contribution < -0.4 is 26.2 Å². The number of benzene rings is 2. The summed E-state index contributed by atoms with van der Waals surface area (Å²) in [5.41, 5.74) is 7.70. The second-order valence-electron chi connectivity index (χ2n) is 10.6. The summed E-state index contributed by atoms with van der Waals surface area (Å²) in [6, 6.07) is 9.98. The Bertz CT molecular complexity index is 1500. The number of carbonyl (C=O) groups is 1. The Labute approximate surface area is 243 Å². The van der Waals surface area contributed by atoms with E-state index < -0.39 is 0 Å². The van der Waals surface area contributed by atoms with E-state index in [1.807, 2.05) is 6.92 Å². The second kappa shape index (κ2) is 11.0. The molecule has 2 fully saturated rings. The van der Waals surface area contributed by atoms with E-state index in [9.17, 15) is 9.59 Å². The smallest absolute Gasteiger partial charge is 0.263 e. The lowest BCUT2D eigenvalue weighted by Gasteiger charge is -2.42. The Balaban J connectivity index is 1.39. The Kier molecular flexibility index (Phi) is 7.85. The van der Waals surface area contributed by atoms with Gasteiger partial charge in [0, 0.05) is 37.2 Å². The maximum Gasteiger partial charge on any atom is 0.263 e. The molecule has 2 aromatic carbocycles. The molecule has 1 amide bonds. The number of piperidine rings is 1. The first-order valence-electron chi connectivity index (χ1n) is 13.3. The molecular weight excluding hydrogens is 553 g/mol. The number of carbonyl (C=O) groups excluding carboxylic acids is 1. The monoisotopic (exact) mass is 585 g/mol. The number of aromatic nitrogens is 2. The zero-order chi connectivity index (χ0) is 28.8. The van der Waals surface area contributed by atoms with Gasteiger partial charge >= 0.3 is 0 Å². The topological polar surface area (TPSA) is 112 Å². The van der Waals surface area contributed by atoms with Gasteiger partial charge in [-0.25, -0.2) is 4.98 Å². The summed E-state index contributed by atoms with van der Waals surface area (Å²) in [7, 11) is 1.57. The lowest BCUT2D eigenvalue weighted by Crippen LogP contribution is -2.51. The molecule has 11 heteroatoms. The second-order valence-corrected chi connectivity index (χ2v) is 11.3. The molecule has 2 saturated heterocycles. The van der Waals surface area contributed by atoms with Crippen molar-refractivity contribution in [2.45, 2.75) is 45.8 Å². The standard InChI is InChI=1S/C29H33Cl2N5O4/c1-16-26(35-13-11-29(12-14-35)15-39-17(2)25(29)32)34-18(3)36(28(16)38)21-9-10-22(24(31)23(21)30)40-20-7-5-19(6-8-20)27(37)33-4/h5-10,17,25H,11-15,32H2,1-4H3,(H,33,37)/t17-,25+/m0/s1. The molecule has 3 N–H and O–H groups in total. The van der Waals surface area contributed by atoms with Gasteiger partial charge in [-0.3, -0.25) is 14.2 Å². The Morgan fingerprint density at radius 3 is 2.40 bits per heavy atom. The summed E-state index contributed by atoms with van der Waals surface area (Å²) in [4.78, 5) is 32.4. The Hall–Kier alpha value is -3.11. The van der Waals surface area contributed by atoms with Gasteiger partial charge in [-0.1, -0.05) is 23.2 Å². The van der Waals surface area contributed by atoms with Crippen molar-refractivity contribution in [1.82, 2.24) is 14.9 Å². The SMILES string of the molecule is CNC(=O)c1ccc(Oc2ccc(-n3c(C)nc(N4CCC5(CC4)CO[C@@H](C)[C@H]5N)c(C)c3=O)c(Cl)c2Cl)cc1. The molecule has 5 rings (SSSR count). The highest BCUT2D eigenvalue weighted by atomic mass is 35.5. The number of anilines is 1. The van der Waals surface area contributed by atoms with E-state index in [-0.39, 0.29) is 39.1 Å². The van der Waals surface area contributed by atoms with Gasteiger partial charge in [0.25, 0.3) is 11.5 Å². The number of nitrogens with one attached hydrogen (secondary N) is 1. The van der Waals surface area contributed by atoms with Crippen molar-refractivity contribution in [3.8, 4) is 17.2 Å². The van der Waals surface area contributed by atoms with E-state index in [4.69, 9.17) is 43.4 Å². The maximum atomic E-state index is 13.6. The van der Waals surface area contributed by atoms with Crippen LogP contribution in [0.4, 0.5) is 5.82 Å². The molecule has 212 valence electrons. The van der Waals surface area contributed by atoms with Crippen LogP contribution in [0.1, 0.15) is 41.5 Å². The fourth-order valence-electron chi connectivity index (χ4n) is 5.64. The minimum Gasteiger partial charge on any atom is -0.456 e. The van der Waals surface area contributed by atoms with Crippen molar-refractivity contribution in [3.05, 3.63) is 73.7 Å². The molecular formula is C29H33Cl2N5O4. The number of halogens is 2. The normalized spacial score (nSPS) is 20.1. The number of amides is 1. The molecule has 9 nitrogen and oxygen atoms in total. The van der Waals surface area contributed by atoms with Gasteiger partial charge < -0.3 is 25.4 Å². The zero-order valence-electron chi connectivity index (χ0n) is 23.0. The molecule has 0 aliphatic carbocycles. The highest BCUT2D eigenvalue weighted by molar-refractivity contribution is 6.44. The minimum atomic E-state index is -0.214. The lowest BCUT2D eigenvalue weighted by molar-refractivity contribution is 0.0962. The van der Waals surface area contributed by atoms with Gasteiger partial charge in [0.2, 0.25) is 0 Å². The molecule has 0 bridgehead atoms. The average Bonchev–Trinajstić information content (AvgIpc) is 3.23. The van der Waals surface area contributed by atoms with Crippen LogP contribution in [0.2, 0.25) is 10.0 Å². The number of rotatable bonds is 5. The molecule has 0 saturated carbocycles. The Morgan fingerprint density at radius 1 is 1.12 bits per heavy atom. The number of ether oxygens (including phenoxy) is 2. The van der Waals surface area contributed by atoms with Crippen molar-refractivity contribution in [1.29, 1.82) is 0 Å². The fraction of sp³-hybridized carbons (Fsp3) is 0.414. The van der Waals surface area contributed by atoms with Gasteiger partial charge in [0.05, 0.1) is 29.0 Å². The largest absolute Gasteiger partial charge is 0.456 e. The summed E-state index contributed by atoms with van der Waals surface area (Å²) in [6.07, 6.45) is 1.83.